The van der Waals surface area contributed by atoms with Gasteiger partial charge in [-0.3, -0.25) is 4.90 Å². The first-order chi connectivity index (χ1) is 15.3. The highest BCUT2D eigenvalue weighted by molar-refractivity contribution is 5.17. The summed E-state index contributed by atoms with van der Waals surface area (Å²) in [7, 11) is 0. The lowest BCUT2D eigenvalue weighted by molar-refractivity contribution is 0.0248. The maximum atomic E-state index is 10.4. The van der Waals surface area contributed by atoms with Gasteiger partial charge in [0.2, 0.25) is 0 Å². The molecule has 3 nitrogen and oxygen atoms in total. The van der Waals surface area contributed by atoms with Crippen molar-refractivity contribution in [3.63, 3.8) is 0 Å². The molecule has 2 aromatic rings. The molecular weight excluding hydrogens is 382 g/mol. The third-order valence-corrected chi connectivity index (χ3v) is 5.73. The normalized spacial score (nSPS) is 12.4. The molecule has 31 heavy (non-hydrogen) atoms. The maximum Gasteiger partial charge on any atom is 0.0785 e. The van der Waals surface area contributed by atoms with Gasteiger partial charge in [-0.2, -0.15) is 0 Å². The van der Waals surface area contributed by atoms with Gasteiger partial charge in [-0.1, -0.05) is 113 Å². The number of aliphatic hydroxyl groups is 1. The third-order valence-electron chi connectivity index (χ3n) is 5.73. The second kappa shape index (κ2) is 16.9. The minimum absolute atomic E-state index is 0.400. The van der Waals surface area contributed by atoms with Crippen LogP contribution in [-0.4, -0.2) is 35.9 Å². The van der Waals surface area contributed by atoms with E-state index in [0.29, 0.717) is 6.61 Å². The van der Waals surface area contributed by atoms with Crippen molar-refractivity contribution in [2.24, 2.45) is 0 Å². The van der Waals surface area contributed by atoms with Crippen LogP contribution in [0.1, 0.15) is 75.8 Å². The molecule has 1 unspecified atom stereocenters. The van der Waals surface area contributed by atoms with Crippen molar-refractivity contribution in [2.75, 3.05) is 19.8 Å². The van der Waals surface area contributed by atoms with E-state index in [9.17, 15) is 5.11 Å². The zero-order valence-corrected chi connectivity index (χ0v) is 19.6. The summed E-state index contributed by atoms with van der Waals surface area (Å²) in [5.74, 6) is 0. The van der Waals surface area contributed by atoms with Gasteiger partial charge in [-0.05, 0) is 24.0 Å². The Morgan fingerprint density at radius 2 is 1.26 bits per heavy atom. The Bertz CT molecular complexity index is 605. The van der Waals surface area contributed by atoms with Crippen molar-refractivity contribution in [1.29, 1.82) is 0 Å². The molecule has 0 heterocycles. The number of unbranched alkanes of at least 4 members (excludes halogenated alkanes) is 7. The van der Waals surface area contributed by atoms with Gasteiger partial charge in [0.25, 0.3) is 0 Å². The van der Waals surface area contributed by atoms with Crippen LogP contribution in [0.5, 0.6) is 0 Å². The Hall–Kier alpha value is -1.68. The summed E-state index contributed by atoms with van der Waals surface area (Å²) in [6.45, 7) is 6.11. The molecule has 0 saturated heterocycles. The van der Waals surface area contributed by atoms with E-state index >= 15 is 0 Å². The highest BCUT2D eigenvalue weighted by Gasteiger charge is 2.11. The SMILES string of the molecule is CCCCCCCCCCOCC(O)CCN(Cc1ccccc1)Cc1ccccc1. The van der Waals surface area contributed by atoms with Gasteiger partial charge in [-0.15, -0.1) is 0 Å². The summed E-state index contributed by atoms with van der Waals surface area (Å²) >= 11 is 0. The molecule has 0 amide bonds. The zero-order valence-electron chi connectivity index (χ0n) is 19.6. The number of ether oxygens (including phenoxy) is 1. The Balaban J connectivity index is 1.62. The Morgan fingerprint density at radius 1 is 0.742 bits per heavy atom. The Morgan fingerprint density at radius 3 is 1.81 bits per heavy atom. The number of rotatable bonds is 18. The summed E-state index contributed by atoms with van der Waals surface area (Å²) < 4.78 is 5.74. The topological polar surface area (TPSA) is 32.7 Å². The average Bonchev–Trinajstić information content (AvgIpc) is 2.80. The van der Waals surface area contributed by atoms with Crippen LogP contribution in [0.4, 0.5) is 0 Å². The summed E-state index contributed by atoms with van der Waals surface area (Å²) in [4.78, 5) is 2.41. The minimum atomic E-state index is -0.400. The Labute approximate surface area is 190 Å². The first-order valence-corrected chi connectivity index (χ1v) is 12.3. The van der Waals surface area contributed by atoms with E-state index in [1.165, 1.54) is 56.1 Å². The van der Waals surface area contributed by atoms with Gasteiger partial charge in [0, 0.05) is 26.2 Å². The average molecular weight is 426 g/mol. The lowest BCUT2D eigenvalue weighted by Crippen LogP contribution is -2.28. The van der Waals surface area contributed by atoms with Gasteiger partial charge in [0.05, 0.1) is 12.7 Å². The lowest BCUT2D eigenvalue weighted by Gasteiger charge is -2.24. The summed E-state index contributed by atoms with van der Waals surface area (Å²) in [6, 6.07) is 21.1. The molecule has 0 spiro atoms. The Kier molecular flexibility index (Phi) is 14.0. The van der Waals surface area contributed by atoms with Crippen molar-refractivity contribution < 1.29 is 9.84 Å². The molecule has 0 radical (unpaired) electrons. The van der Waals surface area contributed by atoms with E-state index in [2.05, 4.69) is 72.5 Å². The molecule has 2 aromatic carbocycles. The highest BCUT2D eigenvalue weighted by atomic mass is 16.5. The number of hydrogen-bond donors (Lipinski definition) is 1. The molecule has 0 fully saturated rings. The molecule has 0 saturated carbocycles. The van der Waals surface area contributed by atoms with Crippen LogP contribution in [-0.2, 0) is 17.8 Å². The van der Waals surface area contributed by atoms with E-state index < -0.39 is 6.10 Å². The second-order valence-electron chi connectivity index (χ2n) is 8.67. The molecule has 1 atom stereocenters. The highest BCUT2D eigenvalue weighted by Crippen LogP contribution is 2.12. The van der Waals surface area contributed by atoms with Crippen LogP contribution in [0.15, 0.2) is 60.7 Å². The first-order valence-electron chi connectivity index (χ1n) is 12.3. The molecule has 0 aliphatic rings. The predicted molar refractivity (Wildman–Crippen MR) is 131 cm³/mol. The van der Waals surface area contributed by atoms with Gasteiger partial charge in [0.1, 0.15) is 0 Å². The van der Waals surface area contributed by atoms with Gasteiger partial charge in [-0.25, -0.2) is 0 Å². The molecule has 0 aliphatic carbocycles. The van der Waals surface area contributed by atoms with E-state index in [1.807, 2.05) is 0 Å². The zero-order chi connectivity index (χ0) is 22.0. The summed E-state index contributed by atoms with van der Waals surface area (Å²) in [5.41, 5.74) is 2.61. The number of benzene rings is 2. The number of aliphatic hydroxyl groups excluding tert-OH is 1. The molecule has 172 valence electrons. The molecular formula is C28H43NO2. The van der Waals surface area contributed by atoms with E-state index in [4.69, 9.17) is 4.74 Å². The molecule has 2 rings (SSSR count). The minimum Gasteiger partial charge on any atom is -0.391 e. The molecule has 0 bridgehead atoms. The fourth-order valence-corrected chi connectivity index (χ4v) is 3.87. The fourth-order valence-electron chi connectivity index (χ4n) is 3.87. The lowest BCUT2D eigenvalue weighted by atomic mass is 10.1. The van der Waals surface area contributed by atoms with Gasteiger partial charge in [0.15, 0.2) is 0 Å². The largest absolute Gasteiger partial charge is 0.391 e. The molecule has 3 heteroatoms. The number of hydrogen-bond acceptors (Lipinski definition) is 3. The van der Waals surface area contributed by atoms with Crippen LogP contribution < -0.4 is 0 Å². The predicted octanol–water partition coefficient (Wildman–Crippen LogP) is 6.60. The molecule has 1 N–H and O–H groups in total. The fraction of sp³-hybridized carbons (Fsp3) is 0.571. The van der Waals surface area contributed by atoms with E-state index in [0.717, 1.165) is 39.1 Å². The summed E-state index contributed by atoms with van der Waals surface area (Å²) in [6.07, 6.45) is 10.8. The van der Waals surface area contributed by atoms with E-state index in [1.54, 1.807) is 0 Å². The van der Waals surface area contributed by atoms with Crippen molar-refractivity contribution >= 4 is 0 Å². The summed E-state index contributed by atoms with van der Waals surface area (Å²) in [5, 5.41) is 10.4. The van der Waals surface area contributed by atoms with Crippen molar-refractivity contribution in [3.05, 3.63) is 71.8 Å². The van der Waals surface area contributed by atoms with Crippen LogP contribution in [0.2, 0.25) is 0 Å². The smallest absolute Gasteiger partial charge is 0.0785 e. The van der Waals surface area contributed by atoms with Crippen LogP contribution in [0, 0.1) is 0 Å². The molecule has 0 aromatic heterocycles. The van der Waals surface area contributed by atoms with Gasteiger partial charge >= 0.3 is 0 Å². The van der Waals surface area contributed by atoms with Crippen LogP contribution in [0.25, 0.3) is 0 Å². The standard InChI is InChI=1S/C28H43NO2/c1-2-3-4-5-6-7-8-15-22-31-25-28(30)20-21-29(23-26-16-11-9-12-17-26)24-27-18-13-10-14-19-27/h9-14,16-19,28,30H,2-8,15,20-25H2,1H3. The molecule has 0 aliphatic heterocycles. The van der Waals surface area contributed by atoms with Crippen LogP contribution in [0.3, 0.4) is 0 Å². The van der Waals surface area contributed by atoms with Crippen molar-refractivity contribution in [2.45, 2.75) is 83.9 Å². The monoisotopic (exact) mass is 425 g/mol. The van der Waals surface area contributed by atoms with E-state index in [-0.39, 0.29) is 0 Å². The quantitative estimate of drug-likeness (QED) is 0.273. The van der Waals surface area contributed by atoms with Crippen LogP contribution >= 0.6 is 0 Å². The maximum absolute atomic E-state index is 10.4. The van der Waals surface area contributed by atoms with Crippen molar-refractivity contribution in [3.8, 4) is 0 Å². The first kappa shape index (κ1) is 25.6. The van der Waals surface area contributed by atoms with Gasteiger partial charge < -0.3 is 9.84 Å². The van der Waals surface area contributed by atoms with Crippen molar-refractivity contribution in [1.82, 2.24) is 4.90 Å². The third kappa shape index (κ3) is 12.7. The number of nitrogens with zero attached hydrogens (tertiary/aromatic N) is 1. The second-order valence-corrected chi connectivity index (χ2v) is 8.67.